The fourth-order valence-electron chi connectivity index (χ4n) is 3.23. The molecule has 2 heterocycles. The molecule has 0 aliphatic carbocycles. The van der Waals surface area contributed by atoms with Crippen LogP contribution in [0.15, 0.2) is 65.0 Å². The fraction of sp³-hybridized carbons (Fsp3) is 0.150. The number of carbonyl (C=O) groups is 1. The van der Waals surface area contributed by atoms with Crippen LogP contribution in [0, 0.1) is 0 Å². The van der Waals surface area contributed by atoms with E-state index in [-0.39, 0.29) is 5.75 Å². The lowest BCUT2D eigenvalue weighted by Gasteiger charge is -2.27. The smallest absolute Gasteiger partial charge is 0.248 e. The van der Waals surface area contributed by atoms with Crippen molar-refractivity contribution >= 4 is 35.2 Å². The monoisotopic (exact) mass is 427 g/mol. The Hall–Kier alpha value is -2.97. The molecule has 4 N–H and O–H groups in total. The first-order chi connectivity index (χ1) is 13.9. The number of hydrogen-bond donors (Lipinski definition) is 3. The quantitative estimate of drug-likeness (QED) is 0.536. The second-order valence-electron chi connectivity index (χ2n) is 6.56. The van der Waals surface area contributed by atoms with E-state index in [4.69, 9.17) is 17.3 Å². The van der Waals surface area contributed by atoms with E-state index in [1.165, 1.54) is 11.8 Å². The molecule has 0 fully saturated rings. The van der Waals surface area contributed by atoms with Crippen molar-refractivity contribution in [3.63, 3.8) is 0 Å². The molecule has 0 bridgehead atoms. The first-order valence-electron chi connectivity index (χ1n) is 8.83. The van der Waals surface area contributed by atoms with Crippen LogP contribution in [-0.2, 0) is 10.5 Å². The van der Waals surface area contributed by atoms with Gasteiger partial charge in [-0.25, -0.2) is 4.68 Å². The minimum absolute atomic E-state index is 0.138. The zero-order valence-corrected chi connectivity index (χ0v) is 17.0. The summed E-state index contributed by atoms with van der Waals surface area (Å²) in [6, 6.07) is 13.7. The Morgan fingerprint density at radius 2 is 2.00 bits per heavy atom. The van der Waals surface area contributed by atoms with Gasteiger partial charge in [0.2, 0.25) is 17.0 Å². The predicted octanol–water partition coefficient (Wildman–Crippen LogP) is 3.70. The van der Waals surface area contributed by atoms with E-state index in [0.29, 0.717) is 33.2 Å². The van der Waals surface area contributed by atoms with Gasteiger partial charge in [0, 0.05) is 16.5 Å². The van der Waals surface area contributed by atoms with Gasteiger partial charge in [-0.2, -0.15) is 4.98 Å². The molecule has 2 aromatic carbocycles. The van der Waals surface area contributed by atoms with Crippen LogP contribution < -0.4 is 11.1 Å². The van der Waals surface area contributed by atoms with E-state index >= 15 is 0 Å². The Kier molecular flexibility index (Phi) is 5.21. The van der Waals surface area contributed by atoms with Gasteiger partial charge in [-0.1, -0.05) is 53.7 Å². The number of rotatable bonds is 5. The number of nitrogens with one attached hydrogen (secondary N) is 1. The average Bonchev–Trinajstić information content (AvgIpc) is 3.09. The summed E-state index contributed by atoms with van der Waals surface area (Å²) in [5.41, 5.74) is 8.44. The highest BCUT2D eigenvalue weighted by molar-refractivity contribution is 7.98. The molecule has 0 spiro atoms. The van der Waals surface area contributed by atoms with Crippen molar-refractivity contribution in [3.8, 4) is 5.75 Å². The maximum Gasteiger partial charge on any atom is 0.248 e. The first-order valence-corrected chi connectivity index (χ1v) is 10.2. The minimum Gasteiger partial charge on any atom is -0.508 e. The summed E-state index contributed by atoms with van der Waals surface area (Å²) in [7, 11) is 0. The number of anilines is 1. The minimum atomic E-state index is -0.542. The highest BCUT2D eigenvalue weighted by Gasteiger charge is 2.33. The zero-order chi connectivity index (χ0) is 20.5. The third-order valence-corrected chi connectivity index (χ3v) is 5.88. The summed E-state index contributed by atoms with van der Waals surface area (Å²) in [5, 5.41) is 18.6. The van der Waals surface area contributed by atoms with Crippen LogP contribution in [0.25, 0.3) is 0 Å². The average molecular weight is 428 g/mol. The fourth-order valence-corrected chi connectivity index (χ4v) is 4.35. The lowest BCUT2D eigenvalue weighted by molar-refractivity contribution is -0.115. The van der Waals surface area contributed by atoms with Gasteiger partial charge >= 0.3 is 0 Å². The van der Waals surface area contributed by atoms with Crippen molar-refractivity contribution < 1.29 is 9.90 Å². The molecule has 0 unspecified atom stereocenters. The normalized spacial score (nSPS) is 15.7. The topological polar surface area (TPSA) is 106 Å². The molecule has 1 aromatic heterocycles. The van der Waals surface area contributed by atoms with Crippen molar-refractivity contribution in [2.24, 2.45) is 5.73 Å². The van der Waals surface area contributed by atoms with Gasteiger partial charge in [-0.15, -0.1) is 5.10 Å². The van der Waals surface area contributed by atoms with Gasteiger partial charge in [0.15, 0.2) is 0 Å². The van der Waals surface area contributed by atoms with Crippen LogP contribution in [-0.4, -0.2) is 25.8 Å². The summed E-state index contributed by atoms with van der Waals surface area (Å²) in [6.07, 6.45) is 0. The first kappa shape index (κ1) is 19.4. The Bertz CT molecular complexity index is 1110. The number of aromatic hydroxyl groups is 1. The van der Waals surface area contributed by atoms with E-state index in [2.05, 4.69) is 15.4 Å². The molecule has 0 saturated carbocycles. The molecule has 7 nitrogen and oxygen atoms in total. The van der Waals surface area contributed by atoms with Crippen molar-refractivity contribution in [2.45, 2.75) is 23.9 Å². The van der Waals surface area contributed by atoms with Crippen molar-refractivity contribution in [3.05, 3.63) is 76.0 Å². The van der Waals surface area contributed by atoms with Gasteiger partial charge in [-0.05, 0) is 36.2 Å². The number of amides is 1. The van der Waals surface area contributed by atoms with E-state index in [9.17, 15) is 9.90 Å². The van der Waals surface area contributed by atoms with E-state index in [0.717, 1.165) is 11.1 Å². The number of nitrogens with two attached hydrogens (primary N) is 1. The number of thioether (sulfide) groups is 1. The lowest BCUT2D eigenvalue weighted by Crippen LogP contribution is -2.31. The van der Waals surface area contributed by atoms with Crippen LogP contribution in [0.5, 0.6) is 5.75 Å². The van der Waals surface area contributed by atoms with Crippen LogP contribution in [0.4, 0.5) is 5.95 Å². The van der Waals surface area contributed by atoms with Gasteiger partial charge in [0.1, 0.15) is 11.8 Å². The SMILES string of the molecule is CC1=C(C(N)=O)[C@H](c2ccc(O)cc2)n2nc(SCc3ccccc3Cl)nc2N1. The number of nitrogens with zero attached hydrogens (tertiary/aromatic N) is 3. The molecule has 3 aromatic rings. The highest BCUT2D eigenvalue weighted by Crippen LogP contribution is 2.36. The predicted molar refractivity (Wildman–Crippen MR) is 113 cm³/mol. The number of phenols is 1. The number of allylic oxidation sites excluding steroid dienone is 1. The summed E-state index contributed by atoms with van der Waals surface area (Å²) in [6.45, 7) is 1.78. The molecule has 0 saturated heterocycles. The number of aromatic nitrogens is 3. The number of benzene rings is 2. The molecule has 1 amide bonds. The van der Waals surface area contributed by atoms with Gasteiger partial charge in [0.05, 0.1) is 5.57 Å². The van der Waals surface area contributed by atoms with Crippen LogP contribution in [0.2, 0.25) is 5.02 Å². The zero-order valence-electron chi connectivity index (χ0n) is 15.5. The van der Waals surface area contributed by atoms with Crippen LogP contribution in [0.3, 0.4) is 0 Å². The number of halogens is 1. The van der Waals surface area contributed by atoms with E-state index < -0.39 is 11.9 Å². The number of primary amides is 1. The molecule has 1 atom stereocenters. The van der Waals surface area contributed by atoms with E-state index in [1.54, 1.807) is 35.9 Å². The largest absolute Gasteiger partial charge is 0.508 e. The second-order valence-corrected chi connectivity index (χ2v) is 7.91. The second kappa shape index (κ2) is 7.81. The maximum atomic E-state index is 12.2. The van der Waals surface area contributed by atoms with Crippen LogP contribution >= 0.6 is 23.4 Å². The Balaban J connectivity index is 1.69. The molecular weight excluding hydrogens is 410 g/mol. The molecule has 0 radical (unpaired) electrons. The number of phenolic OH excluding ortho intramolecular Hbond substituents is 1. The highest BCUT2D eigenvalue weighted by atomic mass is 35.5. The third kappa shape index (κ3) is 3.81. The molecule has 148 valence electrons. The van der Waals surface area contributed by atoms with Crippen molar-refractivity contribution in [1.29, 1.82) is 0 Å². The molecule has 1 aliphatic rings. The maximum absolute atomic E-state index is 12.2. The summed E-state index contributed by atoms with van der Waals surface area (Å²) in [4.78, 5) is 16.7. The lowest BCUT2D eigenvalue weighted by atomic mass is 9.95. The molecule has 4 rings (SSSR count). The summed E-state index contributed by atoms with van der Waals surface area (Å²) in [5.74, 6) is 0.729. The number of fused-ring (bicyclic) bond motifs is 1. The summed E-state index contributed by atoms with van der Waals surface area (Å²) < 4.78 is 1.65. The van der Waals surface area contributed by atoms with Crippen molar-refractivity contribution in [1.82, 2.24) is 14.8 Å². The molecule has 29 heavy (non-hydrogen) atoms. The van der Waals surface area contributed by atoms with Crippen molar-refractivity contribution in [2.75, 3.05) is 5.32 Å². The Morgan fingerprint density at radius 1 is 1.28 bits per heavy atom. The molecule has 9 heteroatoms. The van der Waals surface area contributed by atoms with Gasteiger partial charge in [0.25, 0.3) is 0 Å². The Labute approximate surface area is 176 Å². The van der Waals surface area contributed by atoms with Gasteiger partial charge in [-0.3, -0.25) is 4.79 Å². The standard InChI is InChI=1S/C20H18ClN5O2S/c1-11-16(18(22)28)17(12-6-8-14(27)9-7-12)26-19(23-11)24-20(25-26)29-10-13-4-2-3-5-15(13)21/h2-9,17,27H,10H2,1H3,(H2,22,28)(H,23,24,25)/t17-/m0/s1. The Morgan fingerprint density at radius 3 is 2.69 bits per heavy atom. The third-order valence-electron chi connectivity index (χ3n) is 4.62. The van der Waals surface area contributed by atoms with Crippen LogP contribution in [0.1, 0.15) is 24.1 Å². The number of carbonyl (C=O) groups excluding carboxylic acids is 1. The molecular formula is C20H18ClN5O2S. The number of hydrogen-bond acceptors (Lipinski definition) is 6. The molecule has 1 aliphatic heterocycles. The van der Waals surface area contributed by atoms with Gasteiger partial charge < -0.3 is 16.2 Å². The van der Waals surface area contributed by atoms with E-state index in [1.807, 2.05) is 24.3 Å². The summed E-state index contributed by atoms with van der Waals surface area (Å²) >= 11 is 7.68.